The van der Waals surface area contributed by atoms with Crippen LogP contribution in [0, 0.1) is 0 Å². The lowest BCUT2D eigenvalue weighted by molar-refractivity contribution is 0.0989. The van der Waals surface area contributed by atoms with Crippen LogP contribution in [0.25, 0.3) is 22.7 Å². The molecule has 0 saturated heterocycles. The van der Waals surface area contributed by atoms with Crippen molar-refractivity contribution in [3.8, 4) is 11.6 Å². The molecule has 0 atom stereocenters. The highest BCUT2D eigenvalue weighted by Gasteiger charge is 2.27. The summed E-state index contributed by atoms with van der Waals surface area (Å²) in [5, 5.41) is 4.99. The maximum Gasteiger partial charge on any atom is 0.288 e. The standard InChI is InChI=1S/C17H24N8O/c1-16(2,3)24-8-7-9-10(18)20-13(22-14(9)24)15-21-12(11(19)26)23-25(15)17(4,5)6/h7-8H,1-6H3,(H2,19,26)(H2,18,20,22). The first-order chi connectivity index (χ1) is 11.9. The van der Waals surface area contributed by atoms with E-state index in [0.29, 0.717) is 23.1 Å². The molecule has 0 radical (unpaired) electrons. The van der Waals surface area contributed by atoms with Crippen molar-refractivity contribution in [1.29, 1.82) is 0 Å². The van der Waals surface area contributed by atoms with Gasteiger partial charge in [0.05, 0.1) is 10.9 Å². The largest absolute Gasteiger partial charge is 0.383 e. The summed E-state index contributed by atoms with van der Waals surface area (Å²) in [4.78, 5) is 24.9. The van der Waals surface area contributed by atoms with E-state index in [1.165, 1.54) is 0 Å². The van der Waals surface area contributed by atoms with Gasteiger partial charge in [0.2, 0.25) is 11.6 Å². The van der Waals surface area contributed by atoms with Crippen molar-refractivity contribution in [1.82, 2.24) is 29.3 Å². The number of fused-ring (bicyclic) bond motifs is 1. The van der Waals surface area contributed by atoms with Gasteiger partial charge in [-0.15, -0.1) is 5.10 Å². The van der Waals surface area contributed by atoms with E-state index in [4.69, 9.17) is 11.5 Å². The first-order valence-corrected chi connectivity index (χ1v) is 8.32. The molecular formula is C17H24N8O. The number of carbonyl (C=O) groups excluding carboxylic acids is 1. The van der Waals surface area contributed by atoms with Gasteiger partial charge in [-0.3, -0.25) is 4.79 Å². The highest BCUT2D eigenvalue weighted by molar-refractivity contribution is 5.90. The predicted molar refractivity (Wildman–Crippen MR) is 99.5 cm³/mol. The van der Waals surface area contributed by atoms with E-state index in [2.05, 4.69) is 40.8 Å². The van der Waals surface area contributed by atoms with E-state index in [-0.39, 0.29) is 11.4 Å². The molecule has 0 aliphatic carbocycles. The Hall–Kier alpha value is -2.97. The van der Waals surface area contributed by atoms with E-state index < -0.39 is 11.4 Å². The van der Waals surface area contributed by atoms with E-state index in [9.17, 15) is 4.79 Å². The summed E-state index contributed by atoms with van der Waals surface area (Å²) in [6.07, 6.45) is 1.93. The molecule has 3 aromatic heterocycles. The summed E-state index contributed by atoms with van der Waals surface area (Å²) >= 11 is 0. The number of hydrogen-bond acceptors (Lipinski definition) is 6. The third kappa shape index (κ3) is 2.89. The van der Waals surface area contributed by atoms with Gasteiger partial charge >= 0.3 is 0 Å². The zero-order valence-corrected chi connectivity index (χ0v) is 15.9. The van der Waals surface area contributed by atoms with Crippen molar-refractivity contribution in [3.63, 3.8) is 0 Å². The fraction of sp³-hybridized carbons (Fsp3) is 0.471. The lowest BCUT2D eigenvalue weighted by Gasteiger charge is -2.23. The summed E-state index contributed by atoms with van der Waals surface area (Å²) in [5.74, 6) is 0.206. The molecule has 0 aliphatic heterocycles. The van der Waals surface area contributed by atoms with Gasteiger partial charge < -0.3 is 16.0 Å². The van der Waals surface area contributed by atoms with Crippen molar-refractivity contribution < 1.29 is 4.79 Å². The summed E-state index contributed by atoms with van der Waals surface area (Å²) < 4.78 is 3.62. The Balaban J connectivity index is 2.31. The maximum atomic E-state index is 11.6. The summed E-state index contributed by atoms with van der Waals surface area (Å²) in [6.45, 7) is 12.1. The Morgan fingerprint density at radius 3 is 2.23 bits per heavy atom. The van der Waals surface area contributed by atoms with Crippen LogP contribution in [0.4, 0.5) is 5.82 Å². The maximum absolute atomic E-state index is 11.6. The molecule has 0 bridgehead atoms. The van der Waals surface area contributed by atoms with Gasteiger partial charge in [-0.1, -0.05) is 0 Å². The molecule has 1 amide bonds. The number of nitrogen functional groups attached to an aromatic ring is 1. The molecule has 0 aromatic carbocycles. The van der Waals surface area contributed by atoms with E-state index in [1.54, 1.807) is 4.68 Å². The number of anilines is 1. The molecular weight excluding hydrogens is 332 g/mol. The van der Waals surface area contributed by atoms with Crippen molar-refractivity contribution in [2.75, 3.05) is 5.73 Å². The number of primary amides is 1. The summed E-state index contributed by atoms with van der Waals surface area (Å²) in [7, 11) is 0. The summed E-state index contributed by atoms with van der Waals surface area (Å²) in [5.41, 5.74) is 11.6. The van der Waals surface area contributed by atoms with Crippen LogP contribution in [0.5, 0.6) is 0 Å². The number of carbonyl (C=O) groups is 1. The normalized spacial score (nSPS) is 12.7. The van der Waals surface area contributed by atoms with Crippen LogP contribution in [0.2, 0.25) is 0 Å². The van der Waals surface area contributed by atoms with Crippen LogP contribution in [-0.2, 0) is 11.1 Å². The SMILES string of the molecule is CC(C)(C)n1nc(C(N)=O)nc1-c1nc(N)c2ccn(C(C)(C)C)c2n1. The van der Waals surface area contributed by atoms with Crippen LogP contribution >= 0.6 is 0 Å². The fourth-order valence-corrected chi connectivity index (χ4v) is 2.71. The first-order valence-electron chi connectivity index (χ1n) is 8.32. The fourth-order valence-electron chi connectivity index (χ4n) is 2.71. The smallest absolute Gasteiger partial charge is 0.288 e. The second-order valence-electron chi connectivity index (χ2n) is 8.23. The number of aromatic nitrogens is 6. The van der Waals surface area contributed by atoms with Gasteiger partial charge in [0.25, 0.3) is 5.91 Å². The quantitative estimate of drug-likeness (QED) is 0.721. The highest BCUT2D eigenvalue weighted by Crippen LogP contribution is 2.29. The molecule has 9 nitrogen and oxygen atoms in total. The number of rotatable bonds is 2. The molecule has 9 heteroatoms. The van der Waals surface area contributed by atoms with Gasteiger partial charge in [-0.05, 0) is 47.6 Å². The second kappa shape index (κ2) is 5.52. The third-order valence-corrected chi connectivity index (χ3v) is 3.96. The minimum Gasteiger partial charge on any atom is -0.383 e. The minimum absolute atomic E-state index is 0.0802. The van der Waals surface area contributed by atoms with Crippen molar-refractivity contribution in [2.45, 2.75) is 52.6 Å². The molecule has 3 rings (SSSR count). The Morgan fingerprint density at radius 1 is 1.04 bits per heavy atom. The van der Waals surface area contributed by atoms with E-state index in [1.807, 2.05) is 37.6 Å². The van der Waals surface area contributed by atoms with E-state index >= 15 is 0 Å². The number of nitrogens with two attached hydrogens (primary N) is 2. The van der Waals surface area contributed by atoms with Crippen LogP contribution < -0.4 is 11.5 Å². The topological polar surface area (TPSA) is 131 Å². The molecule has 3 heterocycles. The lowest BCUT2D eigenvalue weighted by Crippen LogP contribution is -2.25. The lowest BCUT2D eigenvalue weighted by atomic mass is 10.1. The molecule has 26 heavy (non-hydrogen) atoms. The number of nitrogens with zero attached hydrogens (tertiary/aromatic N) is 6. The van der Waals surface area contributed by atoms with Gasteiger partial charge in [-0.25, -0.2) is 14.6 Å². The van der Waals surface area contributed by atoms with Gasteiger partial charge in [0.15, 0.2) is 5.82 Å². The predicted octanol–water partition coefficient (Wildman–Crippen LogP) is 1.88. The molecule has 0 fully saturated rings. The Bertz CT molecular complexity index is 1000. The molecule has 0 spiro atoms. The van der Waals surface area contributed by atoms with Gasteiger partial charge in [0.1, 0.15) is 11.5 Å². The van der Waals surface area contributed by atoms with Gasteiger partial charge in [-0.2, -0.15) is 4.98 Å². The number of amides is 1. The van der Waals surface area contributed by atoms with Crippen LogP contribution in [0.1, 0.15) is 52.2 Å². The number of hydrogen-bond donors (Lipinski definition) is 2. The minimum atomic E-state index is -0.707. The molecule has 0 aliphatic rings. The Kier molecular flexibility index (Phi) is 3.78. The van der Waals surface area contributed by atoms with Crippen molar-refractivity contribution >= 4 is 22.8 Å². The van der Waals surface area contributed by atoms with Crippen LogP contribution in [0.3, 0.4) is 0 Å². The summed E-state index contributed by atoms with van der Waals surface area (Å²) in [6, 6.07) is 1.89. The molecule has 0 unspecified atom stereocenters. The monoisotopic (exact) mass is 356 g/mol. The molecule has 3 aromatic rings. The Morgan fingerprint density at radius 2 is 1.69 bits per heavy atom. The van der Waals surface area contributed by atoms with Crippen molar-refractivity contribution in [2.24, 2.45) is 5.73 Å². The van der Waals surface area contributed by atoms with Crippen LogP contribution in [-0.4, -0.2) is 35.2 Å². The van der Waals surface area contributed by atoms with Crippen LogP contribution in [0.15, 0.2) is 12.3 Å². The zero-order valence-electron chi connectivity index (χ0n) is 15.9. The van der Waals surface area contributed by atoms with E-state index in [0.717, 1.165) is 5.39 Å². The molecule has 0 saturated carbocycles. The Labute approximate surface area is 151 Å². The zero-order chi connectivity index (χ0) is 19.4. The van der Waals surface area contributed by atoms with Crippen molar-refractivity contribution in [3.05, 3.63) is 18.1 Å². The molecule has 4 N–H and O–H groups in total. The average Bonchev–Trinajstić information content (AvgIpc) is 3.10. The average molecular weight is 356 g/mol. The van der Waals surface area contributed by atoms with Gasteiger partial charge in [0, 0.05) is 11.7 Å². The highest BCUT2D eigenvalue weighted by atomic mass is 16.1. The first kappa shape index (κ1) is 17.8. The molecule has 138 valence electrons. The third-order valence-electron chi connectivity index (χ3n) is 3.96. The second-order valence-corrected chi connectivity index (χ2v) is 8.23.